The maximum absolute atomic E-state index is 12.5. The van der Waals surface area contributed by atoms with Crippen LogP contribution in [0.4, 0.5) is 0 Å². The summed E-state index contributed by atoms with van der Waals surface area (Å²) in [4.78, 5) is 15.1. The Kier molecular flexibility index (Phi) is 4.51. The number of hydrogen-bond donors (Lipinski definition) is 1. The highest BCUT2D eigenvalue weighted by Gasteiger charge is 2.34. The summed E-state index contributed by atoms with van der Waals surface area (Å²) >= 11 is 5.96. The average molecular weight is 307 g/mol. The van der Waals surface area contributed by atoms with Gasteiger partial charge in [-0.2, -0.15) is 0 Å². The van der Waals surface area contributed by atoms with Gasteiger partial charge >= 0.3 is 0 Å². The van der Waals surface area contributed by atoms with E-state index in [9.17, 15) is 4.79 Å². The quantitative estimate of drug-likeness (QED) is 0.928. The minimum absolute atomic E-state index is 0.0419. The van der Waals surface area contributed by atoms with Gasteiger partial charge in [0.2, 0.25) is 0 Å². The SMILES string of the molecule is Cc1cc(Cl)ccc1C(=O)NC1CCCC1N1CCCC1. The number of amides is 1. The number of likely N-dealkylation sites (tertiary alicyclic amines) is 1. The van der Waals surface area contributed by atoms with Crippen LogP contribution in [-0.2, 0) is 0 Å². The van der Waals surface area contributed by atoms with Gasteiger partial charge in [-0.25, -0.2) is 0 Å². The zero-order valence-electron chi connectivity index (χ0n) is 12.6. The molecular weight excluding hydrogens is 284 g/mol. The Labute approximate surface area is 131 Å². The topological polar surface area (TPSA) is 32.3 Å². The predicted molar refractivity (Wildman–Crippen MR) is 85.9 cm³/mol. The van der Waals surface area contributed by atoms with E-state index in [-0.39, 0.29) is 5.91 Å². The van der Waals surface area contributed by atoms with E-state index in [0.717, 1.165) is 17.5 Å². The fraction of sp³-hybridized carbons (Fsp3) is 0.588. The first kappa shape index (κ1) is 14.9. The van der Waals surface area contributed by atoms with Crippen LogP contribution < -0.4 is 5.32 Å². The second-order valence-corrected chi connectivity index (χ2v) is 6.72. The molecule has 1 aromatic carbocycles. The first-order chi connectivity index (χ1) is 10.1. The summed E-state index contributed by atoms with van der Waals surface area (Å²) in [5.41, 5.74) is 1.68. The third-order valence-electron chi connectivity index (χ3n) is 4.84. The minimum atomic E-state index is 0.0419. The van der Waals surface area contributed by atoms with Crippen molar-refractivity contribution in [1.29, 1.82) is 0 Å². The first-order valence-corrected chi connectivity index (χ1v) is 8.34. The van der Waals surface area contributed by atoms with E-state index in [4.69, 9.17) is 11.6 Å². The molecule has 1 aliphatic heterocycles. The van der Waals surface area contributed by atoms with Gasteiger partial charge in [0.1, 0.15) is 0 Å². The number of carbonyl (C=O) groups excluding carboxylic acids is 1. The molecular formula is C17H23ClN2O. The zero-order valence-corrected chi connectivity index (χ0v) is 13.3. The van der Waals surface area contributed by atoms with Gasteiger partial charge in [0.25, 0.3) is 5.91 Å². The largest absolute Gasteiger partial charge is 0.348 e. The van der Waals surface area contributed by atoms with E-state index in [1.807, 2.05) is 19.1 Å². The summed E-state index contributed by atoms with van der Waals surface area (Å²) in [6.07, 6.45) is 6.12. The molecule has 1 aliphatic carbocycles. The summed E-state index contributed by atoms with van der Waals surface area (Å²) in [6, 6.07) is 6.29. The van der Waals surface area contributed by atoms with E-state index in [1.165, 1.54) is 38.8 Å². The number of aryl methyl sites for hydroxylation is 1. The molecule has 1 N–H and O–H groups in total. The van der Waals surface area contributed by atoms with Crippen LogP contribution in [0.3, 0.4) is 0 Å². The van der Waals surface area contributed by atoms with Crippen LogP contribution in [0.15, 0.2) is 18.2 Å². The molecule has 3 rings (SSSR count). The summed E-state index contributed by atoms with van der Waals surface area (Å²) in [6.45, 7) is 4.32. The van der Waals surface area contributed by atoms with Crippen LogP contribution in [-0.4, -0.2) is 36.0 Å². The second kappa shape index (κ2) is 6.37. The fourth-order valence-electron chi connectivity index (χ4n) is 3.75. The summed E-state index contributed by atoms with van der Waals surface area (Å²) in [5, 5.41) is 3.94. The fourth-order valence-corrected chi connectivity index (χ4v) is 3.97. The highest BCUT2D eigenvalue weighted by Crippen LogP contribution is 2.27. The number of carbonyl (C=O) groups is 1. The number of nitrogens with zero attached hydrogens (tertiary/aromatic N) is 1. The lowest BCUT2D eigenvalue weighted by molar-refractivity contribution is 0.0912. The molecule has 1 aromatic rings. The molecule has 2 atom stereocenters. The number of hydrogen-bond acceptors (Lipinski definition) is 2. The molecule has 0 spiro atoms. The summed E-state index contributed by atoms with van der Waals surface area (Å²) < 4.78 is 0. The molecule has 0 bridgehead atoms. The smallest absolute Gasteiger partial charge is 0.251 e. The number of halogens is 1. The van der Waals surface area contributed by atoms with Crippen LogP contribution >= 0.6 is 11.6 Å². The highest BCUT2D eigenvalue weighted by molar-refractivity contribution is 6.30. The van der Waals surface area contributed by atoms with Crippen LogP contribution in [0.2, 0.25) is 5.02 Å². The lowest BCUT2D eigenvalue weighted by Crippen LogP contribution is -2.47. The molecule has 114 valence electrons. The molecule has 2 aliphatic rings. The maximum atomic E-state index is 12.5. The Balaban J connectivity index is 1.68. The predicted octanol–water partition coefficient (Wildman–Crippen LogP) is 3.40. The maximum Gasteiger partial charge on any atom is 0.251 e. The molecule has 2 fully saturated rings. The van der Waals surface area contributed by atoms with Crippen molar-refractivity contribution in [2.75, 3.05) is 13.1 Å². The number of nitrogens with one attached hydrogen (secondary N) is 1. The normalized spacial score (nSPS) is 26.2. The van der Waals surface area contributed by atoms with Gasteiger partial charge in [0.15, 0.2) is 0 Å². The van der Waals surface area contributed by atoms with Crippen LogP contribution in [0.25, 0.3) is 0 Å². The van der Waals surface area contributed by atoms with E-state index >= 15 is 0 Å². The Morgan fingerprint density at radius 2 is 2.00 bits per heavy atom. The van der Waals surface area contributed by atoms with Crippen LogP contribution in [0.5, 0.6) is 0 Å². The zero-order chi connectivity index (χ0) is 14.8. The molecule has 4 heteroatoms. The molecule has 0 aromatic heterocycles. The monoisotopic (exact) mass is 306 g/mol. The summed E-state index contributed by atoms with van der Waals surface area (Å²) in [7, 11) is 0. The van der Waals surface area contributed by atoms with E-state index in [2.05, 4.69) is 10.2 Å². The van der Waals surface area contributed by atoms with E-state index < -0.39 is 0 Å². The Bertz CT molecular complexity index is 526. The molecule has 21 heavy (non-hydrogen) atoms. The molecule has 1 amide bonds. The minimum Gasteiger partial charge on any atom is -0.348 e. The Morgan fingerprint density at radius 1 is 1.24 bits per heavy atom. The van der Waals surface area contributed by atoms with Crippen molar-refractivity contribution in [3.63, 3.8) is 0 Å². The van der Waals surface area contributed by atoms with Crippen molar-refractivity contribution >= 4 is 17.5 Å². The molecule has 3 nitrogen and oxygen atoms in total. The Hall–Kier alpha value is -1.06. The summed E-state index contributed by atoms with van der Waals surface area (Å²) in [5.74, 6) is 0.0419. The first-order valence-electron chi connectivity index (χ1n) is 7.96. The van der Waals surface area contributed by atoms with Gasteiger partial charge in [0.05, 0.1) is 0 Å². The van der Waals surface area contributed by atoms with Gasteiger partial charge in [-0.15, -0.1) is 0 Å². The number of rotatable bonds is 3. The standard InChI is InChI=1S/C17H23ClN2O/c1-12-11-13(18)7-8-14(12)17(21)19-15-5-4-6-16(15)20-9-2-3-10-20/h7-8,11,15-16H,2-6,9-10H2,1H3,(H,19,21). The lowest BCUT2D eigenvalue weighted by Gasteiger charge is -2.29. The lowest BCUT2D eigenvalue weighted by atomic mass is 10.1. The van der Waals surface area contributed by atoms with Gasteiger partial charge < -0.3 is 5.32 Å². The van der Waals surface area contributed by atoms with Crippen molar-refractivity contribution in [2.45, 2.75) is 51.1 Å². The third kappa shape index (κ3) is 3.24. The van der Waals surface area contributed by atoms with Gasteiger partial charge in [-0.3, -0.25) is 9.69 Å². The second-order valence-electron chi connectivity index (χ2n) is 6.28. The number of benzene rings is 1. The van der Waals surface area contributed by atoms with Gasteiger partial charge in [-0.1, -0.05) is 11.6 Å². The van der Waals surface area contributed by atoms with E-state index in [0.29, 0.717) is 17.1 Å². The molecule has 1 saturated heterocycles. The van der Waals surface area contributed by atoms with Gasteiger partial charge in [0, 0.05) is 22.7 Å². The molecule has 1 saturated carbocycles. The van der Waals surface area contributed by atoms with Crippen molar-refractivity contribution in [3.8, 4) is 0 Å². The highest BCUT2D eigenvalue weighted by atomic mass is 35.5. The third-order valence-corrected chi connectivity index (χ3v) is 5.07. The van der Waals surface area contributed by atoms with Crippen molar-refractivity contribution in [1.82, 2.24) is 10.2 Å². The van der Waals surface area contributed by atoms with Crippen LogP contribution in [0, 0.1) is 6.92 Å². The van der Waals surface area contributed by atoms with Crippen molar-refractivity contribution in [2.24, 2.45) is 0 Å². The molecule has 2 unspecified atom stereocenters. The van der Waals surface area contributed by atoms with Crippen LogP contribution in [0.1, 0.15) is 48.0 Å². The average Bonchev–Trinajstić information content (AvgIpc) is 3.08. The van der Waals surface area contributed by atoms with Crippen molar-refractivity contribution < 1.29 is 4.79 Å². The van der Waals surface area contributed by atoms with Gasteiger partial charge in [-0.05, 0) is 75.9 Å². The Morgan fingerprint density at radius 3 is 2.71 bits per heavy atom. The molecule has 0 radical (unpaired) electrons. The molecule has 1 heterocycles. The van der Waals surface area contributed by atoms with E-state index in [1.54, 1.807) is 6.07 Å². The van der Waals surface area contributed by atoms with Crippen molar-refractivity contribution in [3.05, 3.63) is 34.3 Å².